The number of ether oxygens (including phenoxy) is 1. The predicted octanol–water partition coefficient (Wildman–Crippen LogP) is 3.90. The minimum atomic E-state index is -1.06. The molecule has 1 amide bonds. The van der Waals surface area contributed by atoms with Crippen molar-refractivity contribution in [2.24, 2.45) is 0 Å². The van der Waals surface area contributed by atoms with E-state index >= 15 is 0 Å². The monoisotopic (exact) mass is 400 g/mol. The number of carboxylic acids is 1. The molecule has 0 atom stereocenters. The van der Waals surface area contributed by atoms with Crippen LogP contribution < -0.4 is 10.1 Å². The zero-order valence-corrected chi connectivity index (χ0v) is 15.8. The molecule has 3 rings (SSSR count). The summed E-state index contributed by atoms with van der Waals surface area (Å²) in [6.07, 6.45) is 0.106. The number of hydrogen-bond acceptors (Lipinski definition) is 5. The average Bonchev–Trinajstić information content (AvgIpc) is 3.11. The molecule has 8 heteroatoms. The lowest BCUT2D eigenvalue weighted by atomic mass is 10.2. The lowest BCUT2D eigenvalue weighted by molar-refractivity contribution is -0.139. The number of aryl methyl sites for hydroxylation is 1. The molecule has 2 N–H and O–H groups in total. The first kappa shape index (κ1) is 19.5. The molecule has 0 aliphatic rings. The van der Waals surface area contributed by atoms with E-state index < -0.39 is 12.6 Å². The molecule has 0 aliphatic heterocycles. The van der Waals surface area contributed by atoms with Crippen LogP contribution >= 0.6 is 11.3 Å². The van der Waals surface area contributed by atoms with Gasteiger partial charge < -0.3 is 15.2 Å². The van der Waals surface area contributed by atoms with Crippen molar-refractivity contribution in [3.05, 3.63) is 64.9 Å². The highest BCUT2D eigenvalue weighted by Gasteiger charge is 2.11. The van der Waals surface area contributed by atoms with Gasteiger partial charge in [-0.15, -0.1) is 11.3 Å². The van der Waals surface area contributed by atoms with Crippen LogP contribution in [0.2, 0.25) is 0 Å². The van der Waals surface area contributed by atoms with Gasteiger partial charge in [-0.1, -0.05) is 0 Å². The Balaban J connectivity index is 1.61. The summed E-state index contributed by atoms with van der Waals surface area (Å²) in [5.74, 6) is -1.17. The lowest BCUT2D eigenvalue weighted by Crippen LogP contribution is -2.15. The number of benzene rings is 2. The number of amides is 1. The van der Waals surface area contributed by atoms with E-state index in [1.165, 1.54) is 23.5 Å². The summed E-state index contributed by atoms with van der Waals surface area (Å²) in [7, 11) is 0. The smallest absolute Gasteiger partial charge is 0.341 e. The molecule has 144 valence electrons. The Labute approximate surface area is 164 Å². The van der Waals surface area contributed by atoms with E-state index in [0.29, 0.717) is 17.1 Å². The van der Waals surface area contributed by atoms with Crippen LogP contribution in [0, 0.1) is 12.7 Å². The predicted molar refractivity (Wildman–Crippen MR) is 104 cm³/mol. The Morgan fingerprint density at radius 1 is 1.21 bits per heavy atom. The zero-order valence-electron chi connectivity index (χ0n) is 14.9. The number of aliphatic carboxylic acids is 1. The molecule has 0 bridgehead atoms. The van der Waals surface area contributed by atoms with Gasteiger partial charge in [-0.3, -0.25) is 4.79 Å². The van der Waals surface area contributed by atoms with E-state index in [1.54, 1.807) is 42.6 Å². The standard InChI is InChI=1S/C20H17FN2O4S/c1-12-8-16(27-10-19(25)26)6-7-17(12)23-18(24)9-15-11-28-20(22-15)13-2-4-14(21)5-3-13/h2-8,11H,9-10H2,1H3,(H,23,24)(H,25,26). The van der Waals surface area contributed by atoms with Crippen molar-refractivity contribution in [1.29, 1.82) is 0 Å². The van der Waals surface area contributed by atoms with Gasteiger partial charge in [-0.05, 0) is 55.0 Å². The summed E-state index contributed by atoms with van der Waals surface area (Å²) in [5, 5.41) is 14.0. The molecule has 0 saturated heterocycles. The summed E-state index contributed by atoms with van der Waals surface area (Å²) in [4.78, 5) is 27.3. The number of carbonyl (C=O) groups excluding carboxylic acids is 1. The molecule has 3 aromatic rings. The summed E-state index contributed by atoms with van der Waals surface area (Å²) >= 11 is 1.39. The number of anilines is 1. The molecule has 0 unspecified atom stereocenters. The van der Waals surface area contributed by atoms with E-state index in [-0.39, 0.29) is 18.1 Å². The minimum Gasteiger partial charge on any atom is -0.482 e. The van der Waals surface area contributed by atoms with Crippen molar-refractivity contribution in [3.63, 3.8) is 0 Å². The van der Waals surface area contributed by atoms with Crippen molar-refractivity contribution in [2.75, 3.05) is 11.9 Å². The van der Waals surface area contributed by atoms with E-state index in [0.717, 1.165) is 16.1 Å². The molecule has 0 radical (unpaired) electrons. The van der Waals surface area contributed by atoms with Gasteiger partial charge in [0.05, 0.1) is 12.1 Å². The molecule has 0 fully saturated rings. The molecule has 0 aliphatic carbocycles. The Morgan fingerprint density at radius 2 is 1.96 bits per heavy atom. The van der Waals surface area contributed by atoms with E-state index in [1.807, 2.05) is 0 Å². The summed E-state index contributed by atoms with van der Waals surface area (Å²) in [6, 6.07) is 11.0. The molecule has 0 saturated carbocycles. The number of carbonyl (C=O) groups is 2. The van der Waals surface area contributed by atoms with Crippen LogP contribution in [0.5, 0.6) is 5.75 Å². The van der Waals surface area contributed by atoms with Gasteiger partial charge in [0.1, 0.15) is 16.6 Å². The number of halogens is 1. The van der Waals surface area contributed by atoms with Crippen LogP contribution in [0.25, 0.3) is 10.6 Å². The Morgan fingerprint density at radius 3 is 2.64 bits per heavy atom. The quantitative estimate of drug-likeness (QED) is 0.628. The Kier molecular flexibility index (Phi) is 6.00. The normalized spacial score (nSPS) is 10.5. The van der Waals surface area contributed by atoms with Crippen LogP contribution in [-0.2, 0) is 16.0 Å². The van der Waals surface area contributed by atoms with Crippen molar-refractivity contribution >= 4 is 28.9 Å². The number of aromatic nitrogens is 1. The topological polar surface area (TPSA) is 88.5 Å². The van der Waals surface area contributed by atoms with Crippen molar-refractivity contribution in [2.45, 2.75) is 13.3 Å². The van der Waals surface area contributed by atoms with Gasteiger partial charge in [0.15, 0.2) is 6.61 Å². The molecule has 1 heterocycles. The largest absolute Gasteiger partial charge is 0.482 e. The third-order valence-electron chi connectivity index (χ3n) is 3.82. The van der Waals surface area contributed by atoms with Gasteiger partial charge in [0, 0.05) is 16.6 Å². The molecular formula is C20H17FN2O4S. The van der Waals surface area contributed by atoms with Crippen LogP contribution in [0.1, 0.15) is 11.3 Å². The first-order valence-electron chi connectivity index (χ1n) is 8.36. The SMILES string of the molecule is Cc1cc(OCC(=O)O)ccc1NC(=O)Cc1csc(-c2ccc(F)cc2)n1. The van der Waals surface area contributed by atoms with Gasteiger partial charge in [-0.2, -0.15) is 0 Å². The number of nitrogens with one attached hydrogen (secondary N) is 1. The van der Waals surface area contributed by atoms with Gasteiger partial charge in [0.2, 0.25) is 5.91 Å². The van der Waals surface area contributed by atoms with Gasteiger partial charge in [0.25, 0.3) is 0 Å². The Bertz CT molecular complexity index is 1000. The van der Waals surface area contributed by atoms with Gasteiger partial charge in [-0.25, -0.2) is 14.2 Å². The number of hydrogen-bond donors (Lipinski definition) is 2. The molecule has 1 aromatic heterocycles. The highest BCUT2D eigenvalue weighted by molar-refractivity contribution is 7.13. The fourth-order valence-corrected chi connectivity index (χ4v) is 3.31. The van der Waals surface area contributed by atoms with E-state index in [4.69, 9.17) is 9.84 Å². The first-order chi connectivity index (χ1) is 13.4. The second-order valence-corrected chi connectivity index (χ2v) is 6.89. The fourth-order valence-electron chi connectivity index (χ4n) is 2.48. The highest BCUT2D eigenvalue weighted by atomic mass is 32.1. The third-order valence-corrected chi connectivity index (χ3v) is 4.76. The number of nitrogens with zero attached hydrogens (tertiary/aromatic N) is 1. The fraction of sp³-hybridized carbons (Fsp3) is 0.150. The first-order valence-corrected chi connectivity index (χ1v) is 9.24. The van der Waals surface area contributed by atoms with Crippen LogP contribution in [0.3, 0.4) is 0 Å². The van der Waals surface area contributed by atoms with Crippen LogP contribution in [0.4, 0.5) is 10.1 Å². The van der Waals surface area contributed by atoms with E-state index in [9.17, 15) is 14.0 Å². The minimum absolute atomic E-state index is 0.106. The lowest BCUT2D eigenvalue weighted by Gasteiger charge is -2.10. The second kappa shape index (κ2) is 8.62. The summed E-state index contributed by atoms with van der Waals surface area (Å²) < 4.78 is 18.1. The third kappa shape index (κ3) is 5.14. The highest BCUT2D eigenvalue weighted by Crippen LogP contribution is 2.25. The van der Waals surface area contributed by atoms with Crippen molar-refractivity contribution in [3.8, 4) is 16.3 Å². The van der Waals surface area contributed by atoms with Crippen LogP contribution in [-0.4, -0.2) is 28.6 Å². The average molecular weight is 400 g/mol. The maximum atomic E-state index is 13.0. The maximum Gasteiger partial charge on any atom is 0.341 e. The maximum absolute atomic E-state index is 13.0. The molecule has 0 spiro atoms. The molecular weight excluding hydrogens is 383 g/mol. The summed E-state index contributed by atoms with van der Waals surface area (Å²) in [5.41, 5.74) is 2.79. The summed E-state index contributed by atoms with van der Waals surface area (Å²) in [6.45, 7) is 1.37. The number of rotatable bonds is 7. The Hall–Kier alpha value is -3.26. The van der Waals surface area contributed by atoms with Crippen molar-refractivity contribution < 1.29 is 23.8 Å². The number of carboxylic acid groups (broad SMARTS) is 1. The molecule has 6 nitrogen and oxygen atoms in total. The second-order valence-electron chi connectivity index (χ2n) is 6.03. The molecule has 28 heavy (non-hydrogen) atoms. The van der Waals surface area contributed by atoms with Crippen molar-refractivity contribution in [1.82, 2.24) is 4.98 Å². The van der Waals surface area contributed by atoms with Crippen LogP contribution in [0.15, 0.2) is 47.8 Å². The molecule has 2 aromatic carbocycles. The number of thiazole rings is 1. The van der Waals surface area contributed by atoms with Gasteiger partial charge >= 0.3 is 5.97 Å². The zero-order chi connectivity index (χ0) is 20.1. The van der Waals surface area contributed by atoms with E-state index in [2.05, 4.69) is 10.3 Å².